The van der Waals surface area contributed by atoms with Gasteiger partial charge in [0.2, 0.25) is 5.91 Å². The van der Waals surface area contributed by atoms with Gasteiger partial charge < -0.3 is 19.8 Å². The maximum absolute atomic E-state index is 13.2. The van der Waals surface area contributed by atoms with Crippen LogP contribution in [-0.2, 0) is 11.3 Å². The van der Waals surface area contributed by atoms with Crippen molar-refractivity contribution in [2.45, 2.75) is 6.54 Å². The van der Waals surface area contributed by atoms with Crippen LogP contribution in [0, 0.1) is 5.82 Å². The lowest BCUT2D eigenvalue weighted by molar-refractivity contribution is -0.132. The minimum atomic E-state index is -0.660. The van der Waals surface area contributed by atoms with Gasteiger partial charge in [0.05, 0.1) is 5.52 Å². The van der Waals surface area contributed by atoms with Crippen LogP contribution in [0.3, 0.4) is 0 Å². The number of para-hydroxylation sites is 1. The van der Waals surface area contributed by atoms with Crippen LogP contribution in [0.25, 0.3) is 22.2 Å². The van der Waals surface area contributed by atoms with Crippen molar-refractivity contribution in [1.29, 1.82) is 0 Å². The largest absolute Gasteiger partial charge is 0.368 e. The molecule has 5 rings (SSSR count). The monoisotopic (exact) mass is 447 g/mol. The summed E-state index contributed by atoms with van der Waals surface area (Å²) in [7, 11) is 0. The number of nitrogens with zero attached hydrogens (tertiary/aromatic N) is 3. The highest BCUT2D eigenvalue weighted by Crippen LogP contribution is 2.25. The van der Waals surface area contributed by atoms with Crippen molar-refractivity contribution in [1.82, 2.24) is 19.4 Å². The molecule has 0 aliphatic carbocycles. The van der Waals surface area contributed by atoms with Gasteiger partial charge in [-0.2, -0.15) is 0 Å². The summed E-state index contributed by atoms with van der Waals surface area (Å²) in [5, 5.41) is 0. The number of hydrogen-bond donors (Lipinski definition) is 2. The SMILES string of the molecule is O=C(Cn1c(=O)[nH]c2c(-c3ccc(F)cc3)c[nH]c2c1=O)N1CCN(c2ccccc2)CC1. The predicted octanol–water partition coefficient (Wildman–Crippen LogP) is 2.17. The Bertz CT molecular complexity index is 1410. The van der Waals surface area contributed by atoms with E-state index in [1.807, 2.05) is 30.3 Å². The number of carbonyl (C=O) groups is 1. The molecule has 0 radical (unpaired) electrons. The topological polar surface area (TPSA) is 94.2 Å². The minimum absolute atomic E-state index is 0.190. The molecule has 2 N–H and O–H groups in total. The number of aromatic nitrogens is 3. The zero-order valence-electron chi connectivity index (χ0n) is 17.8. The lowest BCUT2D eigenvalue weighted by Gasteiger charge is -2.36. The maximum atomic E-state index is 13.2. The van der Waals surface area contributed by atoms with Gasteiger partial charge in [0.25, 0.3) is 5.56 Å². The second-order valence-electron chi connectivity index (χ2n) is 7.98. The van der Waals surface area contributed by atoms with Crippen molar-refractivity contribution in [2.24, 2.45) is 0 Å². The number of rotatable bonds is 4. The molecule has 3 heterocycles. The standard InChI is InChI=1S/C24H22FN5O3/c25-17-8-6-16(7-9-17)19-14-26-22-21(19)27-24(33)30(23(22)32)15-20(31)29-12-10-28(11-13-29)18-4-2-1-3-5-18/h1-9,14,26H,10-13,15H2,(H,27,33). The molecule has 4 aromatic rings. The van der Waals surface area contributed by atoms with Gasteiger partial charge in [-0.3, -0.25) is 9.59 Å². The Morgan fingerprint density at radius 1 is 0.909 bits per heavy atom. The van der Waals surface area contributed by atoms with Gasteiger partial charge in [-0.25, -0.2) is 13.8 Å². The quantitative estimate of drug-likeness (QED) is 0.501. The first kappa shape index (κ1) is 20.7. The molecule has 0 unspecified atom stereocenters. The summed E-state index contributed by atoms with van der Waals surface area (Å²) >= 11 is 0. The van der Waals surface area contributed by atoms with Crippen molar-refractivity contribution < 1.29 is 9.18 Å². The van der Waals surface area contributed by atoms with E-state index in [0.29, 0.717) is 42.8 Å². The third-order valence-electron chi connectivity index (χ3n) is 6.02. The number of hydrogen-bond acceptors (Lipinski definition) is 4. The molecular formula is C24H22FN5O3. The van der Waals surface area contributed by atoms with Crippen LogP contribution in [-0.4, -0.2) is 51.5 Å². The fraction of sp³-hybridized carbons (Fsp3) is 0.208. The second kappa shape index (κ2) is 8.42. The minimum Gasteiger partial charge on any atom is -0.368 e. The normalized spacial score (nSPS) is 14.1. The summed E-state index contributed by atoms with van der Waals surface area (Å²) in [4.78, 5) is 48.0. The molecule has 1 aliphatic heterocycles. The maximum Gasteiger partial charge on any atom is 0.329 e. The van der Waals surface area contributed by atoms with Crippen LogP contribution >= 0.6 is 0 Å². The number of piperazine rings is 1. The molecule has 0 atom stereocenters. The molecule has 1 amide bonds. The number of benzene rings is 2. The van der Waals surface area contributed by atoms with Gasteiger partial charge in [0.1, 0.15) is 17.9 Å². The van der Waals surface area contributed by atoms with E-state index in [1.165, 1.54) is 12.1 Å². The molecule has 9 heteroatoms. The van der Waals surface area contributed by atoms with Crippen LogP contribution < -0.4 is 16.1 Å². The molecule has 2 aromatic carbocycles. The van der Waals surface area contributed by atoms with Crippen LogP contribution in [0.15, 0.2) is 70.4 Å². The third-order valence-corrected chi connectivity index (χ3v) is 6.02. The van der Waals surface area contributed by atoms with Crippen molar-refractivity contribution >= 4 is 22.6 Å². The molecule has 33 heavy (non-hydrogen) atoms. The summed E-state index contributed by atoms with van der Waals surface area (Å²) in [6, 6.07) is 15.7. The summed E-state index contributed by atoms with van der Waals surface area (Å²) < 4.78 is 14.2. The molecule has 8 nitrogen and oxygen atoms in total. The van der Waals surface area contributed by atoms with Gasteiger partial charge in [-0.05, 0) is 29.8 Å². The Balaban J connectivity index is 1.35. The molecule has 0 saturated carbocycles. The molecular weight excluding hydrogens is 425 g/mol. The average molecular weight is 447 g/mol. The number of fused-ring (bicyclic) bond motifs is 1. The van der Waals surface area contributed by atoms with E-state index < -0.39 is 11.2 Å². The number of anilines is 1. The van der Waals surface area contributed by atoms with Crippen molar-refractivity contribution in [2.75, 3.05) is 31.1 Å². The number of amides is 1. The smallest absolute Gasteiger partial charge is 0.329 e. The lowest BCUT2D eigenvalue weighted by Crippen LogP contribution is -2.51. The van der Waals surface area contributed by atoms with Crippen molar-refractivity contribution in [3.05, 3.63) is 87.4 Å². The summed E-state index contributed by atoms with van der Waals surface area (Å²) in [5.41, 5.74) is 1.63. The number of carbonyl (C=O) groups excluding carboxylic acids is 1. The fourth-order valence-corrected chi connectivity index (χ4v) is 4.21. The van der Waals surface area contributed by atoms with Crippen LogP contribution in [0.1, 0.15) is 0 Å². The number of halogens is 1. The van der Waals surface area contributed by atoms with Crippen LogP contribution in [0.4, 0.5) is 10.1 Å². The van der Waals surface area contributed by atoms with Crippen molar-refractivity contribution in [3.8, 4) is 11.1 Å². The van der Waals surface area contributed by atoms with E-state index >= 15 is 0 Å². The Morgan fingerprint density at radius 3 is 2.30 bits per heavy atom. The lowest BCUT2D eigenvalue weighted by atomic mass is 10.1. The van der Waals surface area contributed by atoms with E-state index in [-0.39, 0.29) is 23.8 Å². The molecule has 1 aliphatic rings. The van der Waals surface area contributed by atoms with Crippen molar-refractivity contribution in [3.63, 3.8) is 0 Å². The van der Waals surface area contributed by atoms with Gasteiger partial charge >= 0.3 is 5.69 Å². The summed E-state index contributed by atoms with van der Waals surface area (Å²) in [6.45, 7) is 2.05. The van der Waals surface area contributed by atoms with E-state index in [0.717, 1.165) is 10.3 Å². The third kappa shape index (κ3) is 3.93. The highest BCUT2D eigenvalue weighted by molar-refractivity contribution is 5.91. The molecule has 0 bridgehead atoms. The first-order valence-corrected chi connectivity index (χ1v) is 10.7. The van der Waals surface area contributed by atoms with Gasteiger partial charge in [0.15, 0.2) is 0 Å². The van der Waals surface area contributed by atoms with E-state index in [9.17, 15) is 18.8 Å². The molecule has 0 spiro atoms. The summed E-state index contributed by atoms with van der Waals surface area (Å²) in [6.07, 6.45) is 1.59. The van der Waals surface area contributed by atoms with Crippen LogP contribution in [0.5, 0.6) is 0 Å². The second-order valence-corrected chi connectivity index (χ2v) is 7.98. The van der Waals surface area contributed by atoms with Gasteiger partial charge in [-0.1, -0.05) is 30.3 Å². The Kier molecular flexibility index (Phi) is 5.29. The Labute approximate surface area is 187 Å². The Morgan fingerprint density at radius 2 is 1.61 bits per heavy atom. The molecule has 168 valence electrons. The van der Waals surface area contributed by atoms with E-state index in [1.54, 1.807) is 23.2 Å². The first-order valence-electron chi connectivity index (χ1n) is 10.7. The summed E-state index contributed by atoms with van der Waals surface area (Å²) in [5.74, 6) is -0.655. The number of H-pyrrole nitrogens is 2. The van der Waals surface area contributed by atoms with Gasteiger partial charge in [-0.15, -0.1) is 0 Å². The zero-order valence-corrected chi connectivity index (χ0v) is 17.8. The number of nitrogens with one attached hydrogen (secondary N) is 2. The Hall–Kier alpha value is -4.14. The predicted molar refractivity (Wildman–Crippen MR) is 124 cm³/mol. The number of aromatic amines is 2. The van der Waals surface area contributed by atoms with Gasteiger partial charge in [0, 0.05) is 43.6 Å². The molecule has 2 aromatic heterocycles. The average Bonchev–Trinajstić information content (AvgIpc) is 3.26. The van der Waals surface area contributed by atoms with Crippen LogP contribution in [0.2, 0.25) is 0 Å². The highest BCUT2D eigenvalue weighted by atomic mass is 19.1. The highest BCUT2D eigenvalue weighted by Gasteiger charge is 2.23. The van der Waals surface area contributed by atoms with E-state index in [2.05, 4.69) is 14.9 Å². The first-order chi connectivity index (χ1) is 16.0. The zero-order chi connectivity index (χ0) is 22.9. The van der Waals surface area contributed by atoms with E-state index in [4.69, 9.17) is 0 Å². The molecule has 1 fully saturated rings. The molecule has 1 saturated heterocycles. The fourth-order valence-electron chi connectivity index (χ4n) is 4.21.